The van der Waals surface area contributed by atoms with Gasteiger partial charge in [-0.3, -0.25) is 9.36 Å². The maximum Gasteiger partial charge on any atom is 0.335 e. The zero-order chi connectivity index (χ0) is 25.1. The summed E-state index contributed by atoms with van der Waals surface area (Å²) in [7, 11) is 0. The van der Waals surface area contributed by atoms with Crippen LogP contribution in [-0.2, 0) is 6.54 Å². The van der Waals surface area contributed by atoms with E-state index in [1.54, 1.807) is 35.0 Å². The number of rotatable bonds is 7. The average Bonchev–Trinajstić information content (AvgIpc) is 3.58. The highest BCUT2D eigenvalue weighted by molar-refractivity contribution is 5.95. The van der Waals surface area contributed by atoms with Crippen molar-refractivity contribution in [1.82, 2.24) is 29.8 Å². The van der Waals surface area contributed by atoms with Crippen molar-refractivity contribution in [3.8, 4) is 22.5 Å². The largest absolute Gasteiger partial charge is 0.335 e. The first-order valence-electron chi connectivity index (χ1n) is 11.9. The third-order valence-electron chi connectivity index (χ3n) is 6.49. The first kappa shape index (κ1) is 23.2. The quantitative estimate of drug-likeness (QED) is 0.364. The minimum absolute atomic E-state index is 0.128. The third-order valence-corrected chi connectivity index (χ3v) is 6.49. The van der Waals surface area contributed by atoms with Crippen LogP contribution in [0, 0.1) is 0 Å². The van der Waals surface area contributed by atoms with Crippen LogP contribution in [0.15, 0.2) is 89.9 Å². The molecule has 2 heterocycles. The number of imidazole rings is 1. The summed E-state index contributed by atoms with van der Waals surface area (Å²) >= 11 is 0. The fourth-order valence-corrected chi connectivity index (χ4v) is 4.30. The SMILES string of the molecule is CCC(C)c1cn(C(=O)c2ccccc2)c(=O)n1Cc1ccc(-c2ccccc2-c2nn[nH]n2)cc1. The predicted octanol–water partition coefficient (Wildman–Crippen LogP) is 4.75. The number of hydrogen-bond donors (Lipinski definition) is 1. The highest BCUT2D eigenvalue weighted by Gasteiger charge is 2.20. The molecule has 1 unspecified atom stereocenters. The molecule has 2 aromatic heterocycles. The van der Waals surface area contributed by atoms with Crippen LogP contribution in [0.1, 0.15) is 47.8 Å². The Morgan fingerprint density at radius 2 is 1.64 bits per heavy atom. The Kier molecular flexibility index (Phi) is 6.40. The number of aromatic nitrogens is 6. The van der Waals surface area contributed by atoms with Gasteiger partial charge in [-0.15, -0.1) is 10.2 Å². The Bertz CT molecular complexity index is 1530. The number of carbonyl (C=O) groups excluding carboxylic acids is 1. The molecule has 0 amide bonds. The number of tetrazole rings is 1. The number of aromatic amines is 1. The summed E-state index contributed by atoms with van der Waals surface area (Å²) in [6.07, 6.45) is 2.55. The van der Waals surface area contributed by atoms with Crippen LogP contribution >= 0.6 is 0 Å². The fraction of sp³-hybridized carbons (Fsp3) is 0.179. The minimum Gasteiger partial charge on any atom is -0.291 e. The van der Waals surface area contributed by atoms with Crippen LogP contribution in [0.3, 0.4) is 0 Å². The summed E-state index contributed by atoms with van der Waals surface area (Å²) in [6, 6.07) is 24.8. The average molecular weight is 479 g/mol. The maximum atomic E-state index is 13.4. The van der Waals surface area contributed by atoms with Crippen LogP contribution in [-0.4, -0.2) is 35.7 Å². The first-order valence-corrected chi connectivity index (χ1v) is 11.9. The number of hydrogen-bond acceptors (Lipinski definition) is 5. The van der Waals surface area contributed by atoms with Gasteiger partial charge in [-0.05, 0) is 46.4 Å². The highest BCUT2D eigenvalue weighted by atomic mass is 16.2. The number of nitrogens with one attached hydrogen (secondary N) is 1. The number of benzene rings is 3. The summed E-state index contributed by atoms with van der Waals surface area (Å²) in [6.45, 7) is 4.52. The van der Waals surface area contributed by atoms with Crippen LogP contribution in [0.2, 0.25) is 0 Å². The van der Waals surface area contributed by atoms with E-state index in [0.29, 0.717) is 17.9 Å². The van der Waals surface area contributed by atoms with Gasteiger partial charge >= 0.3 is 5.69 Å². The van der Waals surface area contributed by atoms with E-state index in [1.807, 2.05) is 54.6 Å². The topological polar surface area (TPSA) is 98.5 Å². The Morgan fingerprint density at radius 1 is 0.944 bits per heavy atom. The van der Waals surface area contributed by atoms with Crippen molar-refractivity contribution in [2.75, 3.05) is 0 Å². The van der Waals surface area contributed by atoms with Gasteiger partial charge in [0.15, 0.2) is 0 Å². The van der Waals surface area contributed by atoms with E-state index in [0.717, 1.165) is 34.4 Å². The van der Waals surface area contributed by atoms with Crippen molar-refractivity contribution in [2.24, 2.45) is 0 Å². The molecule has 0 aliphatic carbocycles. The minimum atomic E-state index is -0.328. The zero-order valence-corrected chi connectivity index (χ0v) is 20.1. The van der Waals surface area contributed by atoms with Gasteiger partial charge in [0.1, 0.15) is 0 Å². The first-order chi connectivity index (χ1) is 17.6. The van der Waals surface area contributed by atoms with E-state index in [2.05, 4.69) is 34.5 Å². The van der Waals surface area contributed by atoms with E-state index in [1.165, 1.54) is 4.57 Å². The molecule has 0 aliphatic rings. The molecule has 5 aromatic rings. The Hall–Kier alpha value is -4.59. The molecule has 5 rings (SSSR count). The van der Waals surface area contributed by atoms with E-state index in [9.17, 15) is 9.59 Å². The lowest BCUT2D eigenvalue weighted by Gasteiger charge is -2.13. The number of carbonyl (C=O) groups is 1. The molecule has 3 aromatic carbocycles. The van der Waals surface area contributed by atoms with Crippen LogP contribution < -0.4 is 5.69 Å². The lowest BCUT2D eigenvalue weighted by molar-refractivity contribution is 0.0955. The summed E-state index contributed by atoms with van der Waals surface area (Å²) in [5.41, 5.74) is 4.84. The van der Waals surface area contributed by atoms with Crippen molar-refractivity contribution >= 4 is 5.91 Å². The van der Waals surface area contributed by atoms with E-state index in [-0.39, 0.29) is 17.5 Å². The molecule has 0 bridgehead atoms. The standard InChI is InChI=1S/C28H26N6O2/c1-3-19(2)25-18-34(27(35)22-9-5-4-6-10-22)28(36)33(25)17-20-13-15-21(16-14-20)23-11-7-8-12-24(23)26-29-31-32-30-26/h4-16,18-19H,3,17H2,1-2H3,(H,29,30,31,32). The molecule has 36 heavy (non-hydrogen) atoms. The second-order valence-corrected chi connectivity index (χ2v) is 8.75. The molecule has 180 valence electrons. The molecular weight excluding hydrogens is 452 g/mol. The molecule has 8 nitrogen and oxygen atoms in total. The van der Waals surface area contributed by atoms with Crippen LogP contribution in [0.4, 0.5) is 0 Å². The fourth-order valence-electron chi connectivity index (χ4n) is 4.30. The Morgan fingerprint density at radius 3 is 2.31 bits per heavy atom. The van der Waals surface area contributed by atoms with Gasteiger partial charge in [0.2, 0.25) is 5.82 Å². The molecule has 0 saturated heterocycles. The molecule has 1 N–H and O–H groups in total. The molecule has 0 fully saturated rings. The molecule has 0 radical (unpaired) electrons. The van der Waals surface area contributed by atoms with Gasteiger partial charge in [-0.2, -0.15) is 5.21 Å². The van der Waals surface area contributed by atoms with Gasteiger partial charge in [0, 0.05) is 23.0 Å². The van der Waals surface area contributed by atoms with E-state index >= 15 is 0 Å². The summed E-state index contributed by atoms with van der Waals surface area (Å²) in [5, 5.41) is 14.4. The molecule has 0 spiro atoms. The molecular formula is C28H26N6O2. The van der Waals surface area contributed by atoms with Crippen molar-refractivity contribution < 1.29 is 4.79 Å². The summed E-state index contributed by atoms with van der Waals surface area (Å²) < 4.78 is 2.93. The zero-order valence-electron chi connectivity index (χ0n) is 20.1. The molecule has 0 saturated carbocycles. The summed E-state index contributed by atoms with van der Waals surface area (Å²) in [5.74, 6) is 0.338. The van der Waals surface area contributed by atoms with Crippen molar-refractivity contribution in [3.63, 3.8) is 0 Å². The smallest absolute Gasteiger partial charge is 0.291 e. The Labute approximate surface area is 208 Å². The lowest BCUT2D eigenvalue weighted by Crippen LogP contribution is -2.30. The summed E-state index contributed by atoms with van der Waals surface area (Å²) in [4.78, 5) is 26.4. The third kappa shape index (κ3) is 4.40. The highest BCUT2D eigenvalue weighted by Crippen LogP contribution is 2.30. The van der Waals surface area contributed by atoms with E-state index < -0.39 is 0 Å². The Balaban J connectivity index is 1.48. The van der Waals surface area contributed by atoms with Gasteiger partial charge < -0.3 is 0 Å². The number of H-pyrrole nitrogens is 1. The van der Waals surface area contributed by atoms with Gasteiger partial charge in [0.25, 0.3) is 5.91 Å². The van der Waals surface area contributed by atoms with Crippen LogP contribution in [0.25, 0.3) is 22.5 Å². The molecule has 1 atom stereocenters. The van der Waals surface area contributed by atoms with Gasteiger partial charge in [0.05, 0.1) is 6.54 Å². The maximum absolute atomic E-state index is 13.4. The second-order valence-electron chi connectivity index (χ2n) is 8.75. The van der Waals surface area contributed by atoms with Crippen molar-refractivity contribution in [1.29, 1.82) is 0 Å². The lowest BCUT2D eigenvalue weighted by atomic mass is 9.98. The van der Waals surface area contributed by atoms with Gasteiger partial charge in [-0.25, -0.2) is 9.36 Å². The van der Waals surface area contributed by atoms with Crippen molar-refractivity contribution in [3.05, 3.63) is 112 Å². The van der Waals surface area contributed by atoms with Crippen LogP contribution in [0.5, 0.6) is 0 Å². The molecule has 8 heteroatoms. The molecule has 0 aliphatic heterocycles. The van der Waals surface area contributed by atoms with E-state index in [4.69, 9.17) is 0 Å². The number of nitrogens with zero attached hydrogens (tertiary/aromatic N) is 5. The van der Waals surface area contributed by atoms with Crippen molar-refractivity contribution in [2.45, 2.75) is 32.7 Å². The predicted molar refractivity (Wildman–Crippen MR) is 138 cm³/mol. The normalized spacial score (nSPS) is 11.9. The monoisotopic (exact) mass is 478 g/mol. The van der Waals surface area contributed by atoms with Gasteiger partial charge in [-0.1, -0.05) is 80.6 Å². The second kappa shape index (κ2) is 9.95.